The molecule has 0 bridgehead atoms. The zero-order chi connectivity index (χ0) is 25.1. The van der Waals surface area contributed by atoms with Crippen LogP contribution in [-0.4, -0.2) is 64.9 Å². The van der Waals surface area contributed by atoms with Crippen molar-refractivity contribution in [2.75, 3.05) is 33.2 Å². The number of aromatic hydroxyl groups is 1. The van der Waals surface area contributed by atoms with Crippen LogP contribution in [0.1, 0.15) is 35.6 Å². The normalized spacial score (nSPS) is 16.0. The number of hydrogen-bond donors (Lipinski definition) is 4. The number of nitrogen functional groups attached to an aromatic ring is 1. The minimum atomic E-state index is -0.126. The number of rotatable bonds is 7. The molecule has 0 spiro atoms. The van der Waals surface area contributed by atoms with E-state index in [4.69, 9.17) is 25.6 Å². The van der Waals surface area contributed by atoms with Gasteiger partial charge in [0.25, 0.3) is 0 Å². The van der Waals surface area contributed by atoms with Gasteiger partial charge in [0.15, 0.2) is 11.5 Å². The molecule has 1 fully saturated rings. The van der Waals surface area contributed by atoms with Crippen LogP contribution in [-0.2, 0) is 0 Å². The highest BCUT2D eigenvalue weighted by Crippen LogP contribution is 2.34. The molecule has 2 aliphatic heterocycles. The zero-order valence-electron chi connectivity index (χ0n) is 20.1. The quantitative estimate of drug-likeness (QED) is 0.294. The van der Waals surface area contributed by atoms with Gasteiger partial charge in [-0.05, 0) is 56.3 Å². The van der Waals surface area contributed by atoms with Gasteiger partial charge in [-0.2, -0.15) is 9.97 Å². The van der Waals surface area contributed by atoms with Gasteiger partial charge in [0, 0.05) is 36.7 Å². The number of aromatic nitrogens is 2. The van der Waals surface area contributed by atoms with Crippen molar-refractivity contribution < 1.29 is 14.6 Å². The van der Waals surface area contributed by atoms with Gasteiger partial charge in [0.05, 0.1) is 12.2 Å². The lowest BCUT2D eigenvalue weighted by atomic mass is 9.94. The monoisotopic (exact) mass is 487 g/mol. The summed E-state index contributed by atoms with van der Waals surface area (Å²) in [5.41, 5.74) is 7.82. The first-order valence-electron chi connectivity index (χ1n) is 11.9. The lowest BCUT2D eigenvalue weighted by molar-refractivity contribution is 0.379. The van der Waals surface area contributed by atoms with Gasteiger partial charge in [-0.1, -0.05) is 12.1 Å². The summed E-state index contributed by atoms with van der Waals surface area (Å²) in [5, 5.41) is 21.4. The second-order valence-electron chi connectivity index (χ2n) is 8.89. The number of hydrogen-bond acceptors (Lipinski definition) is 9. The molecule has 0 atom stereocenters. The SMILES string of the molecule is CN1CCN=C1c1cccc(Oc2nc(Oc3cc(C(=N)N)ccc3O)cc(C3CCNCC3)n2)c1. The second-order valence-corrected chi connectivity index (χ2v) is 8.89. The summed E-state index contributed by atoms with van der Waals surface area (Å²) in [4.78, 5) is 15.9. The first-order valence-corrected chi connectivity index (χ1v) is 11.9. The molecule has 2 aliphatic rings. The number of ether oxygens (including phenoxy) is 2. The minimum absolute atomic E-state index is 0.0846. The maximum Gasteiger partial charge on any atom is 0.325 e. The van der Waals surface area contributed by atoms with E-state index in [2.05, 4.69) is 20.2 Å². The summed E-state index contributed by atoms with van der Waals surface area (Å²) < 4.78 is 12.1. The Morgan fingerprint density at radius 1 is 1.11 bits per heavy atom. The van der Waals surface area contributed by atoms with Crippen molar-refractivity contribution in [3.05, 3.63) is 65.4 Å². The number of piperidine rings is 1. The van der Waals surface area contributed by atoms with Gasteiger partial charge in [-0.25, -0.2) is 0 Å². The number of phenolic OH excluding ortho intramolecular Hbond substituents is 1. The van der Waals surface area contributed by atoms with Crippen LogP contribution in [0.5, 0.6) is 29.1 Å². The Labute approximate surface area is 209 Å². The fourth-order valence-electron chi connectivity index (χ4n) is 4.37. The van der Waals surface area contributed by atoms with Gasteiger partial charge >= 0.3 is 6.01 Å². The van der Waals surface area contributed by atoms with Crippen molar-refractivity contribution in [2.45, 2.75) is 18.8 Å². The summed E-state index contributed by atoms with van der Waals surface area (Å²) in [5.74, 6) is 1.91. The van der Waals surface area contributed by atoms with E-state index < -0.39 is 0 Å². The Balaban J connectivity index is 1.47. The van der Waals surface area contributed by atoms with Crippen molar-refractivity contribution in [2.24, 2.45) is 10.7 Å². The molecule has 5 rings (SSSR count). The summed E-state index contributed by atoms with van der Waals surface area (Å²) in [6.45, 7) is 3.47. The van der Waals surface area contributed by atoms with Gasteiger partial charge in [0.2, 0.25) is 5.88 Å². The third-order valence-electron chi connectivity index (χ3n) is 6.30. The molecule has 0 aliphatic carbocycles. The highest BCUT2D eigenvalue weighted by molar-refractivity contribution is 6.00. The number of likely N-dealkylation sites (N-methyl/N-ethyl adjacent to an activating group) is 1. The fourth-order valence-corrected chi connectivity index (χ4v) is 4.37. The summed E-state index contributed by atoms with van der Waals surface area (Å²) >= 11 is 0. The highest BCUT2D eigenvalue weighted by Gasteiger charge is 2.21. The van der Waals surface area contributed by atoms with E-state index in [1.807, 2.05) is 31.3 Å². The number of aliphatic imine (C=N–C) groups is 1. The van der Waals surface area contributed by atoms with Crippen LogP contribution in [0.2, 0.25) is 0 Å². The first-order chi connectivity index (χ1) is 17.5. The van der Waals surface area contributed by atoms with Crippen LogP contribution >= 0.6 is 0 Å². The molecule has 3 aromatic rings. The van der Waals surface area contributed by atoms with Crippen LogP contribution in [0.15, 0.2) is 53.5 Å². The smallest absolute Gasteiger partial charge is 0.325 e. The standard InChI is InChI=1S/C26H29N7O3/c1-33-12-11-30-25(33)18-3-2-4-19(13-18)35-26-31-20(16-7-9-29-10-8-16)15-23(32-26)36-22-14-17(24(27)28)5-6-21(22)34/h2-6,13-16,29,34H,7-12H2,1H3,(H3,27,28). The van der Waals surface area contributed by atoms with Gasteiger partial charge in [0.1, 0.15) is 17.4 Å². The first kappa shape index (κ1) is 23.6. The minimum Gasteiger partial charge on any atom is -0.504 e. The molecule has 3 heterocycles. The zero-order valence-corrected chi connectivity index (χ0v) is 20.1. The molecule has 10 heteroatoms. The van der Waals surface area contributed by atoms with E-state index in [1.54, 1.807) is 12.1 Å². The van der Waals surface area contributed by atoms with Gasteiger partial charge in [-0.3, -0.25) is 10.4 Å². The molecule has 0 saturated carbocycles. The molecule has 1 saturated heterocycles. The molecule has 2 aromatic carbocycles. The maximum atomic E-state index is 10.3. The number of benzene rings is 2. The molecular weight excluding hydrogens is 458 g/mol. The fraction of sp³-hybridized carbons (Fsp3) is 0.308. The van der Waals surface area contributed by atoms with Crippen molar-refractivity contribution in [3.63, 3.8) is 0 Å². The van der Waals surface area contributed by atoms with E-state index in [0.29, 0.717) is 11.3 Å². The Kier molecular flexibility index (Phi) is 6.68. The number of nitrogens with zero attached hydrogens (tertiary/aromatic N) is 4. The van der Waals surface area contributed by atoms with Crippen molar-refractivity contribution in [1.29, 1.82) is 5.41 Å². The Morgan fingerprint density at radius 3 is 2.69 bits per heavy atom. The molecular formula is C26H29N7O3. The molecule has 0 amide bonds. The Hall–Kier alpha value is -4.18. The molecule has 10 nitrogen and oxygen atoms in total. The molecule has 0 radical (unpaired) electrons. The van der Waals surface area contributed by atoms with E-state index in [0.717, 1.165) is 56.1 Å². The Bertz CT molecular complexity index is 1300. The summed E-state index contributed by atoms with van der Waals surface area (Å²) in [6, 6.07) is 14.1. The molecule has 186 valence electrons. The summed E-state index contributed by atoms with van der Waals surface area (Å²) in [7, 11) is 2.02. The average molecular weight is 488 g/mol. The average Bonchev–Trinajstić information content (AvgIpc) is 3.31. The highest BCUT2D eigenvalue weighted by atomic mass is 16.5. The van der Waals surface area contributed by atoms with Crippen LogP contribution < -0.4 is 20.5 Å². The molecule has 0 unspecified atom stereocenters. The lowest BCUT2D eigenvalue weighted by Crippen LogP contribution is -2.27. The predicted molar refractivity (Wildman–Crippen MR) is 137 cm³/mol. The summed E-state index contributed by atoms with van der Waals surface area (Å²) in [6.07, 6.45) is 1.87. The molecule has 36 heavy (non-hydrogen) atoms. The van der Waals surface area contributed by atoms with Gasteiger partial charge < -0.3 is 30.5 Å². The van der Waals surface area contributed by atoms with Crippen LogP contribution in [0.3, 0.4) is 0 Å². The maximum absolute atomic E-state index is 10.3. The largest absolute Gasteiger partial charge is 0.504 e. The van der Waals surface area contributed by atoms with Crippen LogP contribution in [0.4, 0.5) is 0 Å². The third-order valence-corrected chi connectivity index (χ3v) is 6.30. The topological polar surface area (TPSA) is 142 Å². The second kappa shape index (κ2) is 10.2. The lowest BCUT2D eigenvalue weighted by Gasteiger charge is -2.22. The number of nitrogens with one attached hydrogen (secondary N) is 2. The van der Waals surface area contributed by atoms with Crippen molar-refractivity contribution in [1.82, 2.24) is 20.2 Å². The van der Waals surface area contributed by atoms with E-state index in [1.165, 1.54) is 12.1 Å². The van der Waals surface area contributed by atoms with E-state index in [-0.39, 0.29) is 35.1 Å². The Morgan fingerprint density at radius 2 is 1.94 bits per heavy atom. The van der Waals surface area contributed by atoms with Crippen LogP contribution in [0, 0.1) is 5.41 Å². The van der Waals surface area contributed by atoms with E-state index >= 15 is 0 Å². The number of amidine groups is 2. The van der Waals surface area contributed by atoms with Gasteiger partial charge in [-0.15, -0.1) is 0 Å². The molecule has 1 aromatic heterocycles. The van der Waals surface area contributed by atoms with Crippen LogP contribution in [0.25, 0.3) is 0 Å². The molecule has 5 N–H and O–H groups in total. The number of phenols is 1. The predicted octanol–water partition coefficient (Wildman–Crippen LogP) is 3.21. The van der Waals surface area contributed by atoms with E-state index in [9.17, 15) is 5.11 Å². The van der Waals surface area contributed by atoms with Crippen molar-refractivity contribution in [3.8, 4) is 29.1 Å². The number of nitrogens with two attached hydrogens (primary N) is 1. The van der Waals surface area contributed by atoms with Crippen molar-refractivity contribution >= 4 is 11.7 Å². The third kappa shape index (κ3) is 5.23.